The Labute approximate surface area is 96.7 Å². The third-order valence-electron chi connectivity index (χ3n) is 2.91. The molecule has 0 saturated heterocycles. The Balaban J connectivity index is 2.33. The molecule has 0 aliphatic rings. The minimum absolute atomic E-state index is 0.758. The van der Waals surface area contributed by atoms with Crippen molar-refractivity contribution >= 4 is 0 Å². The van der Waals surface area contributed by atoms with Crippen LogP contribution in [-0.2, 0) is 0 Å². The van der Waals surface area contributed by atoms with Gasteiger partial charge < -0.3 is 4.74 Å². The molecule has 81 valence electrons. The van der Waals surface area contributed by atoms with Gasteiger partial charge in [0.25, 0.3) is 0 Å². The summed E-state index contributed by atoms with van der Waals surface area (Å²) in [5, 5.41) is 0. The number of ether oxygens (including phenoxy) is 1. The van der Waals surface area contributed by atoms with Crippen LogP contribution >= 0.6 is 0 Å². The highest BCUT2D eigenvalue weighted by Crippen LogP contribution is 2.27. The zero-order valence-corrected chi connectivity index (χ0v) is 9.87. The van der Waals surface area contributed by atoms with Crippen LogP contribution in [0, 0.1) is 26.8 Å². The molecular weight excluding hydrogens is 196 g/mol. The maximum absolute atomic E-state index is 5.79. The average molecular weight is 211 g/mol. The van der Waals surface area contributed by atoms with Crippen LogP contribution in [-0.4, -0.2) is 0 Å². The van der Waals surface area contributed by atoms with Gasteiger partial charge in [-0.25, -0.2) is 0 Å². The van der Waals surface area contributed by atoms with E-state index in [1.165, 1.54) is 16.7 Å². The molecule has 0 N–H and O–H groups in total. The Bertz CT molecular complexity index is 486. The van der Waals surface area contributed by atoms with Crippen LogP contribution in [0.3, 0.4) is 0 Å². The van der Waals surface area contributed by atoms with Crippen molar-refractivity contribution < 1.29 is 4.74 Å². The van der Waals surface area contributed by atoms with Crippen LogP contribution in [0.1, 0.15) is 16.7 Å². The van der Waals surface area contributed by atoms with E-state index in [0.29, 0.717) is 0 Å². The monoisotopic (exact) mass is 211 g/mol. The summed E-state index contributed by atoms with van der Waals surface area (Å²) in [6.45, 7) is 6.31. The molecule has 0 spiro atoms. The lowest BCUT2D eigenvalue weighted by molar-refractivity contribution is 0.477. The van der Waals surface area contributed by atoms with Crippen molar-refractivity contribution in [2.24, 2.45) is 0 Å². The highest BCUT2D eigenvalue weighted by molar-refractivity contribution is 5.44. The third-order valence-corrected chi connectivity index (χ3v) is 2.91. The molecule has 0 bridgehead atoms. The highest BCUT2D eigenvalue weighted by Gasteiger charge is 2.05. The zero-order valence-electron chi connectivity index (χ0n) is 9.87. The first-order valence-corrected chi connectivity index (χ1v) is 5.40. The van der Waals surface area contributed by atoms with Gasteiger partial charge in [0.05, 0.1) is 0 Å². The van der Waals surface area contributed by atoms with Crippen LogP contribution < -0.4 is 4.74 Å². The highest BCUT2D eigenvalue weighted by atomic mass is 16.5. The molecule has 0 fully saturated rings. The molecule has 2 aromatic rings. The van der Waals surface area contributed by atoms with E-state index in [1.54, 1.807) is 0 Å². The van der Waals surface area contributed by atoms with E-state index in [0.717, 1.165) is 11.5 Å². The average Bonchev–Trinajstić information content (AvgIpc) is 2.31. The molecule has 0 amide bonds. The maximum atomic E-state index is 5.79. The van der Waals surface area contributed by atoms with Crippen LogP contribution in [0.4, 0.5) is 0 Å². The molecule has 1 radical (unpaired) electrons. The Morgan fingerprint density at radius 1 is 0.938 bits per heavy atom. The van der Waals surface area contributed by atoms with Crippen molar-refractivity contribution in [1.29, 1.82) is 0 Å². The van der Waals surface area contributed by atoms with Crippen LogP contribution in [0.5, 0.6) is 11.5 Å². The summed E-state index contributed by atoms with van der Waals surface area (Å²) in [6.07, 6.45) is 0. The van der Waals surface area contributed by atoms with Crippen LogP contribution in [0.25, 0.3) is 0 Å². The summed E-state index contributed by atoms with van der Waals surface area (Å²) >= 11 is 0. The van der Waals surface area contributed by atoms with Gasteiger partial charge in [-0.15, -0.1) is 0 Å². The summed E-state index contributed by atoms with van der Waals surface area (Å²) in [6, 6.07) is 14.8. The van der Waals surface area contributed by atoms with Crippen molar-refractivity contribution in [2.45, 2.75) is 20.8 Å². The molecule has 1 heteroatoms. The van der Waals surface area contributed by atoms with Gasteiger partial charge in [-0.1, -0.05) is 24.3 Å². The molecule has 16 heavy (non-hydrogen) atoms. The molecule has 2 aromatic carbocycles. The normalized spacial score (nSPS) is 10.2. The van der Waals surface area contributed by atoms with E-state index in [4.69, 9.17) is 4.74 Å². The van der Waals surface area contributed by atoms with Gasteiger partial charge in [-0.3, -0.25) is 0 Å². The minimum Gasteiger partial charge on any atom is -0.456 e. The fourth-order valence-electron chi connectivity index (χ4n) is 1.60. The van der Waals surface area contributed by atoms with Crippen molar-refractivity contribution in [1.82, 2.24) is 0 Å². The summed E-state index contributed by atoms with van der Waals surface area (Å²) in [5.74, 6) is 1.67. The van der Waals surface area contributed by atoms with Crippen molar-refractivity contribution in [3.8, 4) is 11.5 Å². The molecule has 2 rings (SSSR count). The van der Waals surface area contributed by atoms with E-state index in [9.17, 15) is 0 Å². The van der Waals surface area contributed by atoms with Gasteiger partial charge >= 0.3 is 0 Å². The van der Waals surface area contributed by atoms with Gasteiger partial charge in [0.1, 0.15) is 11.5 Å². The first-order valence-electron chi connectivity index (χ1n) is 5.40. The predicted octanol–water partition coefficient (Wildman–Crippen LogP) is 4.20. The van der Waals surface area contributed by atoms with Gasteiger partial charge in [0, 0.05) is 6.07 Å². The van der Waals surface area contributed by atoms with E-state index >= 15 is 0 Å². The molecule has 0 unspecified atom stereocenters. The second kappa shape index (κ2) is 4.40. The molecule has 0 aromatic heterocycles. The van der Waals surface area contributed by atoms with Crippen LogP contribution in [0.15, 0.2) is 36.4 Å². The van der Waals surface area contributed by atoms with E-state index in [2.05, 4.69) is 32.9 Å². The summed E-state index contributed by atoms with van der Waals surface area (Å²) in [7, 11) is 0. The first-order chi connectivity index (χ1) is 7.68. The summed E-state index contributed by atoms with van der Waals surface area (Å²) in [4.78, 5) is 0. The minimum atomic E-state index is 0.758. The molecule has 0 aliphatic heterocycles. The smallest absolute Gasteiger partial charge is 0.135 e. The lowest BCUT2D eigenvalue weighted by Crippen LogP contribution is -1.92. The largest absolute Gasteiger partial charge is 0.456 e. The number of aryl methyl sites for hydroxylation is 1. The number of benzene rings is 2. The van der Waals surface area contributed by atoms with E-state index in [1.807, 2.05) is 30.3 Å². The van der Waals surface area contributed by atoms with Crippen LogP contribution in [0.2, 0.25) is 0 Å². The fraction of sp³-hybridized carbons (Fsp3) is 0.200. The first kappa shape index (κ1) is 10.7. The van der Waals surface area contributed by atoms with E-state index < -0.39 is 0 Å². The molecular formula is C15H15O. The lowest BCUT2D eigenvalue weighted by atomic mass is 10.0. The second-order valence-corrected chi connectivity index (χ2v) is 3.96. The Hall–Kier alpha value is -1.76. The standard InChI is InChI=1S/C15H15O/c1-11-9-10-15(13(3)12(11)2)16-14-7-5-4-6-8-14/h4-7,9-10H,1-3H3. The van der Waals surface area contributed by atoms with Gasteiger partial charge in [-0.2, -0.15) is 0 Å². The van der Waals surface area contributed by atoms with Gasteiger partial charge in [0.15, 0.2) is 0 Å². The van der Waals surface area contributed by atoms with Crippen molar-refractivity contribution in [2.75, 3.05) is 0 Å². The van der Waals surface area contributed by atoms with Gasteiger partial charge in [0.2, 0.25) is 0 Å². The lowest BCUT2D eigenvalue weighted by Gasteiger charge is -2.12. The van der Waals surface area contributed by atoms with Gasteiger partial charge in [-0.05, 0) is 49.6 Å². The zero-order chi connectivity index (χ0) is 11.5. The number of para-hydroxylation sites is 1. The fourth-order valence-corrected chi connectivity index (χ4v) is 1.60. The molecule has 0 saturated carbocycles. The molecule has 1 nitrogen and oxygen atoms in total. The topological polar surface area (TPSA) is 9.23 Å². The van der Waals surface area contributed by atoms with E-state index in [-0.39, 0.29) is 0 Å². The number of hydrogen-bond acceptors (Lipinski definition) is 1. The molecule has 0 atom stereocenters. The molecule has 0 aliphatic carbocycles. The SMILES string of the molecule is Cc1ccc(Oc2[c]cccc2)c(C)c1C. The van der Waals surface area contributed by atoms with Crippen molar-refractivity contribution in [3.63, 3.8) is 0 Å². The predicted molar refractivity (Wildman–Crippen MR) is 66.0 cm³/mol. The summed E-state index contributed by atoms with van der Waals surface area (Å²) in [5.41, 5.74) is 3.77. The quantitative estimate of drug-likeness (QED) is 0.723. The third kappa shape index (κ3) is 2.08. The van der Waals surface area contributed by atoms with Crippen molar-refractivity contribution in [3.05, 3.63) is 59.2 Å². The number of hydrogen-bond donors (Lipinski definition) is 0. The second-order valence-electron chi connectivity index (χ2n) is 3.96. The Morgan fingerprint density at radius 3 is 2.44 bits per heavy atom. The Morgan fingerprint density at radius 2 is 1.75 bits per heavy atom. The Kier molecular flexibility index (Phi) is 2.95. The molecule has 0 heterocycles. The number of rotatable bonds is 2. The summed E-state index contributed by atoms with van der Waals surface area (Å²) < 4.78 is 5.79. The maximum Gasteiger partial charge on any atom is 0.135 e.